The number of carbonyl (C=O) groups is 2. The Hall–Kier alpha value is -2.47. The number of aryl methyl sites for hydroxylation is 1. The van der Waals surface area contributed by atoms with Crippen LogP contribution in [-0.4, -0.2) is 25.9 Å². The summed E-state index contributed by atoms with van der Waals surface area (Å²) in [5.41, 5.74) is 1.82. The maximum atomic E-state index is 12.2. The van der Waals surface area contributed by atoms with Crippen LogP contribution in [0.5, 0.6) is 0 Å². The molecule has 0 bridgehead atoms. The summed E-state index contributed by atoms with van der Waals surface area (Å²) in [5, 5.41) is 2.67. The van der Waals surface area contributed by atoms with Crippen LogP contribution in [0.2, 0.25) is 0 Å². The summed E-state index contributed by atoms with van der Waals surface area (Å²) in [4.78, 5) is 23.7. The fourth-order valence-electron chi connectivity index (χ4n) is 2.16. The van der Waals surface area contributed by atoms with Gasteiger partial charge in [-0.05, 0) is 37.6 Å². The van der Waals surface area contributed by atoms with Gasteiger partial charge in [-0.25, -0.2) is 8.42 Å². The number of anilines is 1. The molecule has 0 saturated heterocycles. The summed E-state index contributed by atoms with van der Waals surface area (Å²) in [6, 6.07) is 13.1. The molecule has 0 radical (unpaired) electrons. The lowest BCUT2D eigenvalue weighted by Crippen LogP contribution is -2.18. The maximum absolute atomic E-state index is 12.2. The lowest BCUT2D eigenvalue weighted by Gasteiger charge is -2.10. The smallest absolute Gasteiger partial charge is 0.225 e. The van der Waals surface area contributed by atoms with Gasteiger partial charge in [-0.3, -0.25) is 9.59 Å². The normalized spacial score (nSPS) is 11.1. The van der Waals surface area contributed by atoms with Gasteiger partial charge in [-0.2, -0.15) is 0 Å². The van der Waals surface area contributed by atoms with Crippen LogP contribution in [0.1, 0.15) is 29.3 Å². The van der Waals surface area contributed by atoms with Crippen LogP contribution >= 0.6 is 0 Å². The second kappa shape index (κ2) is 7.40. The van der Waals surface area contributed by atoms with Crippen molar-refractivity contribution in [2.75, 3.05) is 11.1 Å². The summed E-state index contributed by atoms with van der Waals surface area (Å²) in [7, 11) is -3.49. The van der Waals surface area contributed by atoms with E-state index in [9.17, 15) is 18.0 Å². The highest BCUT2D eigenvalue weighted by Crippen LogP contribution is 2.18. The number of rotatable bonds is 6. The monoisotopic (exact) mass is 345 g/mol. The van der Waals surface area contributed by atoms with Crippen LogP contribution < -0.4 is 5.32 Å². The van der Waals surface area contributed by atoms with Gasteiger partial charge in [0.15, 0.2) is 15.6 Å². The molecular weight excluding hydrogens is 326 g/mol. The summed E-state index contributed by atoms with van der Waals surface area (Å²) in [5.74, 6) is -0.774. The predicted octanol–water partition coefficient (Wildman–Crippen LogP) is 3.00. The quantitative estimate of drug-likeness (QED) is 0.816. The molecule has 0 unspecified atom stereocenters. The predicted molar refractivity (Wildman–Crippen MR) is 92.9 cm³/mol. The summed E-state index contributed by atoms with van der Waals surface area (Å²) < 4.78 is 24.3. The van der Waals surface area contributed by atoms with Crippen molar-refractivity contribution in [3.8, 4) is 0 Å². The Morgan fingerprint density at radius 2 is 1.71 bits per heavy atom. The standard InChI is InChI=1S/C18H19NO4S/c1-13-8-9-15(14(2)20)12-17(13)19-18(21)10-11-24(22,23)16-6-4-3-5-7-16/h3-9,12H,10-11H2,1-2H3,(H,19,21). The van der Waals surface area contributed by atoms with Crippen molar-refractivity contribution in [1.82, 2.24) is 0 Å². The number of hydrogen-bond acceptors (Lipinski definition) is 4. The third kappa shape index (κ3) is 4.52. The fraction of sp³-hybridized carbons (Fsp3) is 0.222. The Balaban J connectivity index is 2.04. The summed E-state index contributed by atoms with van der Waals surface area (Å²) in [6.07, 6.45) is -0.152. The van der Waals surface area contributed by atoms with Crippen LogP contribution in [0.15, 0.2) is 53.4 Å². The van der Waals surface area contributed by atoms with Gasteiger partial charge >= 0.3 is 0 Å². The molecule has 0 saturated carbocycles. The van der Waals surface area contributed by atoms with E-state index in [-0.39, 0.29) is 22.9 Å². The molecule has 0 fully saturated rings. The van der Waals surface area contributed by atoms with Gasteiger partial charge in [0.2, 0.25) is 5.91 Å². The molecule has 126 valence electrons. The topological polar surface area (TPSA) is 80.3 Å². The first-order chi connectivity index (χ1) is 11.3. The van der Waals surface area contributed by atoms with E-state index in [1.807, 2.05) is 0 Å². The first-order valence-corrected chi connectivity index (χ1v) is 9.14. The van der Waals surface area contributed by atoms with E-state index in [1.54, 1.807) is 43.3 Å². The van der Waals surface area contributed by atoms with Crippen molar-refractivity contribution in [1.29, 1.82) is 0 Å². The zero-order valence-electron chi connectivity index (χ0n) is 13.6. The largest absolute Gasteiger partial charge is 0.326 e. The molecule has 0 aliphatic rings. The van der Waals surface area contributed by atoms with Crippen LogP contribution in [-0.2, 0) is 14.6 Å². The van der Waals surface area contributed by atoms with Crippen molar-refractivity contribution in [3.05, 3.63) is 59.7 Å². The number of ketones is 1. The van der Waals surface area contributed by atoms with Crippen molar-refractivity contribution in [2.24, 2.45) is 0 Å². The van der Waals surface area contributed by atoms with E-state index in [0.717, 1.165) is 5.56 Å². The molecule has 2 rings (SSSR count). The minimum Gasteiger partial charge on any atom is -0.326 e. The minimum atomic E-state index is -3.49. The molecule has 1 amide bonds. The number of amides is 1. The van der Waals surface area contributed by atoms with Gasteiger partial charge in [-0.15, -0.1) is 0 Å². The lowest BCUT2D eigenvalue weighted by atomic mass is 10.1. The molecule has 0 aliphatic carbocycles. The number of benzene rings is 2. The Kier molecular flexibility index (Phi) is 5.51. The highest BCUT2D eigenvalue weighted by atomic mass is 32.2. The second-order valence-electron chi connectivity index (χ2n) is 5.52. The third-order valence-electron chi connectivity index (χ3n) is 3.62. The van der Waals surface area contributed by atoms with Crippen LogP contribution in [0.4, 0.5) is 5.69 Å². The number of Topliss-reactive ketones (excluding diaryl/α,β-unsaturated/α-hetero) is 1. The van der Waals surface area contributed by atoms with E-state index in [4.69, 9.17) is 0 Å². The molecular formula is C18H19NO4S. The summed E-state index contributed by atoms with van der Waals surface area (Å²) >= 11 is 0. The maximum Gasteiger partial charge on any atom is 0.225 e. The third-order valence-corrected chi connectivity index (χ3v) is 5.35. The molecule has 1 N–H and O–H groups in total. The molecule has 24 heavy (non-hydrogen) atoms. The van der Waals surface area contributed by atoms with Gasteiger partial charge in [0.25, 0.3) is 0 Å². The van der Waals surface area contributed by atoms with Gasteiger partial charge in [0, 0.05) is 17.7 Å². The first-order valence-electron chi connectivity index (χ1n) is 7.49. The molecule has 0 aliphatic heterocycles. The number of carbonyl (C=O) groups excluding carboxylic acids is 2. The van der Waals surface area contributed by atoms with Crippen molar-refractivity contribution < 1.29 is 18.0 Å². The molecule has 0 aromatic heterocycles. The Morgan fingerprint density at radius 1 is 1.04 bits per heavy atom. The van der Waals surface area contributed by atoms with Gasteiger partial charge in [-0.1, -0.05) is 30.3 Å². The van der Waals surface area contributed by atoms with E-state index < -0.39 is 15.7 Å². The van der Waals surface area contributed by atoms with Gasteiger partial charge in [0.05, 0.1) is 10.6 Å². The molecule has 5 nitrogen and oxygen atoms in total. The fourth-order valence-corrected chi connectivity index (χ4v) is 3.42. The van der Waals surface area contributed by atoms with Crippen LogP contribution in [0.25, 0.3) is 0 Å². The van der Waals surface area contributed by atoms with Crippen molar-refractivity contribution >= 4 is 27.2 Å². The van der Waals surface area contributed by atoms with Crippen LogP contribution in [0.3, 0.4) is 0 Å². The second-order valence-corrected chi connectivity index (χ2v) is 7.63. The van der Waals surface area contributed by atoms with Crippen LogP contribution in [0, 0.1) is 6.92 Å². The average molecular weight is 345 g/mol. The molecule has 0 heterocycles. The Morgan fingerprint density at radius 3 is 2.33 bits per heavy atom. The molecule has 0 atom stereocenters. The Bertz CT molecular complexity index is 858. The summed E-state index contributed by atoms with van der Waals surface area (Å²) in [6.45, 7) is 3.25. The number of sulfone groups is 1. The minimum absolute atomic E-state index is 0.0999. The SMILES string of the molecule is CC(=O)c1ccc(C)c(NC(=O)CCS(=O)(=O)c2ccccc2)c1. The zero-order valence-corrected chi connectivity index (χ0v) is 14.4. The highest BCUT2D eigenvalue weighted by Gasteiger charge is 2.16. The van der Waals surface area contributed by atoms with E-state index in [2.05, 4.69) is 5.32 Å². The van der Waals surface area contributed by atoms with E-state index in [1.165, 1.54) is 19.1 Å². The van der Waals surface area contributed by atoms with Crippen molar-refractivity contribution in [2.45, 2.75) is 25.2 Å². The molecule has 2 aromatic carbocycles. The molecule has 0 spiro atoms. The average Bonchev–Trinajstić information content (AvgIpc) is 2.56. The van der Waals surface area contributed by atoms with Gasteiger partial charge < -0.3 is 5.32 Å². The lowest BCUT2D eigenvalue weighted by molar-refractivity contribution is -0.115. The van der Waals surface area contributed by atoms with Gasteiger partial charge in [0.1, 0.15) is 0 Å². The van der Waals surface area contributed by atoms with E-state index in [0.29, 0.717) is 11.3 Å². The zero-order chi connectivity index (χ0) is 17.7. The highest BCUT2D eigenvalue weighted by molar-refractivity contribution is 7.91. The molecule has 6 heteroatoms. The van der Waals surface area contributed by atoms with E-state index >= 15 is 0 Å². The Labute approximate surface area is 141 Å². The van der Waals surface area contributed by atoms with Crippen molar-refractivity contribution in [3.63, 3.8) is 0 Å². The number of hydrogen-bond donors (Lipinski definition) is 1. The molecule has 2 aromatic rings. The first kappa shape index (κ1) is 17.9. The number of nitrogens with one attached hydrogen (secondary N) is 1.